The third-order valence-corrected chi connectivity index (χ3v) is 4.55. The van der Waals surface area contributed by atoms with Crippen LogP contribution in [0.1, 0.15) is 33.1 Å². The second kappa shape index (κ2) is 4.76. The van der Waals surface area contributed by atoms with E-state index < -0.39 is 0 Å². The van der Waals surface area contributed by atoms with Gasteiger partial charge in [0.15, 0.2) is 0 Å². The Morgan fingerprint density at radius 3 is 2.67 bits per heavy atom. The highest BCUT2D eigenvalue weighted by Crippen LogP contribution is 2.56. The third-order valence-electron chi connectivity index (χ3n) is 3.03. The predicted octanol–water partition coefficient (Wildman–Crippen LogP) is 3.78. The molecule has 12 heavy (non-hydrogen) atoms. The molecule has 0 amide bonds. The molecule has 2 heteroatoms. The van der Waals surface area contributed by atoms with Gasteiger partial charge in [0, 0.05) is 5.88 Å². The van der Waals surface area contributed by atoms with Crippen LogP contribution in [-0.2, 0) is 0 Å². The number of halogens is 1. The van der Waals surface area contributed by atoms with Gasteiger partial charge < -0.3 is 0 Å². The minimum atomic E-state index is 0.551. The Morgan fingerprint density at radius 2 is 2.25 bits per heavy atom. The van der Waals surface area contributed by atoms with E-state index in [4.69, 9.17) is 11.6 Å². The maximum absolute atomic E-state index is 5.96. The van der Waals surface area contributed by atoms with Crippen LogP contribution < -0.4 is 0 Å². The topological polar surface area (TPSA) is 0 Å². The van der Waals surface area contributed by atoms with E-state index in [1.54, 1.807) is 0 Å². The van der Waals surface area contributed by atoms with Gasteiger partial charge in [-0.3, -0.25) is 0 Å². The van der Waals surface area contributed by atoms with Crippen LogP contribution in [0.2, 0.25) is 0 Å². The molecule has 0 aromatic rings. The lowest BCUT2D eigenvalue weighted by atomic mass is 10.0. The van der Waals surface area contributed by atoms with Crippen LogP contribution in [0.4, 0.5) is 0 Å². The van der Waals surface area contributed by atoms with Crippen molar-refractivity contribution in [3.05, 3.63) is 0 Å². The van der Waals surface area contributed by atoms with Crippen LogP contribution in [0.15, 0.2) is 0 Å². The Morgan fingerprint density at radius 1 is 1.58 bits per heavy atom. The summed E-state index contributed by atoms with van der Waals surface area (Å²) in [5.74, 6) is 4.35. The van der Waals surface area contributed by atoms with Crippen molar-refractivity contribution in [2.75, 3.05) is 17.4 Å². The molecule has 0 aromatic heterocycles. The zero-order valence-electron chi connectivity index (χ0n) is 8.11. The van der Waals surface area contributed by atoms with E-state index in [0.717, 1.165) is 11.8 Å². The van der Waals surface area contributed by atoms with Gasteiger partial charge in [0.1, 0.15) is 0 Å². The largest absolute Gasteiger partial charge is 0.162 e. The van der Waals surface area contributed by atoms with E-state index in [1.807, 2.05) is 11.8 Å². The van der Waals surface area contributed by atoms with Gasteiger partial charge in [-0.2, -0.15) is 11.8 Å². The molecule has 1 aliphatic rings. The highest BCUT2D eigenvalue weighted by molar-refractivity contribution is 7.99. The van der Waals surface area contributed by atoms with Gasteiger partial charge in [-0.1, -0.05) is 13.8 Å². The summed E-state index contributed by atoms with van der Waals surface area (Å²) >= 11 is 8.00. The summed E-state index contributed by atoms with van der Waals surface area (Å²) in [7, 11) is 0. The van der Waals surface area contributed by atoms with Crippen molar-refractivity contribution in [3.63, 3.8) is 0 Å². The Labute approximate surface area is 85.4 Å². The highest BCUT2D eigenvalue weighted by Gasteiger charge is 2.49. The molecule has 1 fully saturated rings. The fourth-order valence-corrected chi connectivity index (χ4v) is 2.97. The maximum atomic E-state index is 5.96. The van der Waals surface area contributed by atoms with Gasteiger partial charge in [0.2, 0.25) is 0 Å². The van der Waals surface area contributed by atoms with E-state index >= 15 is 0 Å². The van der Waals surface area contributed by atoms with Crippen molar-refractivity contribution in [2.45, 2.75) is 33.1 Å². The van der Waals surface area contributed by atoms with Crippen molar-refractivity contribution < 1.29 is 0 Å². The molecular weight excluding hydrogens is 188 g/mol. The molecule has 0 radical (unpaired) electrons. The van der Waals surface area contributed by atoms with Crippen LogP contribution >= 0.6 is 23.4 Å². The molecule has 2 atom stereocenters. The molecule has 0 nitrogen and oxygen atoms in total. The first-order valence-corrected chi connectivity index (χ1v) is 6.58. The monoisotopic (exact) mass is 206 g/mol. The molecule has 0 bridgehead atoms. The zero-order chi connectivity index (χ0) is 9.03. The van der Waals surface area contributed by atoms with Crippen molar-refractivity contribution in [1.29, 1.82) is 0 Å². The van der Waals surface area contributed by atoms with E-state index in [2.05, 4.69) is 13.8 Å². The van der Waals surface area contributed by atoms with Gasteiger partial charge >= 0.3 is 0 Å². The summed E-state index contributed by atoms with van der Waals surface area (Å²) < 4.78 is 0. The minimum absolute atomic E-state index is 0.551. The molecular formula is C10H19ClS. The van der Waals surface area contributed by atoms with Gasteiger partial charge in [0.25, 0.3) is 0 Å². The van der Waals surface area contributed by atoms with Gasteiger partial charge in [0.05, 0.1) is 0 Å². The van der Waals surface area contributed by atoms with Crippen LogP contribution in [0.25, 0.3) is 0 Å². The molecule has 1 aliphatic carbocycles. The molecule has 0 aliphatic heterocycles. The smallest absolute Gasteiger partial charge is 0.0282 e. The Kier molecular flexibility index (Phi) is 4.25. The van der Waals surface area contributed by atoms with Gasteiger partial charge in [-0.05, 0) is 42.1 Å². The van der Waals surface area contributed by atoms with Crippen LogP contribution in [-0.4, -0.2) is 17.4 Å². The summed E-state index contributed by atoms with van der Waals surface area (Å²) in [5, 5.41) is 0. The number of thioether (sulfide) groups is 1. The molecule has 0 heterocycles. The summed E-state index contributed by atoms with van der Waals surface area (Å²) in [4.78, 5) is 0. The molecule has 1 rings (SSSR count). The number of alkyl halides is 1. The summed E-state index contributed by atoms with van der Waals surface area (Å²) in [6.07, 6.45) is 4.08. The Balaban J connectivity index is 2.06. The van der Waals surface area contributed by atoms with Crippen molar-refractivity contribution in [3.8, 4) is 0 Å². The molecule has 0 aromatic carbocycles. The lowest BCUT2D eigenvalue weighted by Crippen LogP contribution is -2.05. The van der Waals surface area contributed by atoms with Gasteiger partial charge in [-0.15, -0.1) is 11.6 Å². The van der Waals surface area contributed by atoms with E-state index in [0.29, 0.717) is 5.41 Å². The second-order valence-electron chi connectivity index (χ2n) is 3.90. The third kappa shape index (κ3) is 2.56. The summed E-state index contributed by atoms with van der Waals surface area (Å²) in [6, 6.07) is 0. The van der Waals surface area contributed by atoms with E-state index in [-0.39, 0.29) is 0 Å². The average molecular weight is 207 g/mol. The van der Waals surface area contributed by atoms with Gasteiger partial charge in [-0.25, -0.2) is 0 Å². The first-order chi connectivity index (χ1) is 5.75. The molecule has 1 saturated carbocycles. The zero-order valence-corrected chi connectivity index (χ0v) is 9.68. The second-order valence-corrected chi connectivity index (χ2v) is 5.56. The lowest BCUT2D eigenvalue weighted by Gasteiger charge is -2.11. The van der Waals surface area contributed by atoms with E-state index in [9.17, 15) is 0 Å². The quantitative estimate of drug-likeness (QED) is 0.471. The van der Waals surface area contributed by atoms with Crippen LogP contribution in [0.3, 0.4) is 0 Å². The van der Waals surface area contributed by atoms with E-state index in [1.165, 1.54) is 30.8 Å². The van der Waals surface area contributed by atoms with Crippen molar-refractivity contribution in [2.24, 2.45) is 11.3 Å². The number of hydrogen-bond acceptors (Lipinski definition) is 1. The summed E-state index contributed by atoms with van der Waals surface area (Å²) in [6.45, 7) is 4.55. The predicted molar refractivity (Wildman–Crippen MR) is 59.2 cm³/mol. The Hall–Kier alpha value is 0.640. The molecule has 0 saturated heterocycles. The Bertz CT molecular complexity index is 134. The lowest BCUT2D eigenvalue weighted by molar-refractivity contribution is 0.476. The van der Waals surface area contributed by atoms with Crippen LogP contribution in [0, 0.1) is 11.3 Å². The van der Waals surface area contributed by atoms with Crippen molar-refractivity contribution in [1.82, 2.24) is 0 Å². The van der Waals surface area contributed by atoms with Crippen LogP contribution in [0.5, 0.6) is 0 Å². The first-order valence-electron chi connectivity index (χ1n) is 4.89. The molecule has 72 valence electrons. The standard InChI is InChI=1S/C10H19ClS/c1-3-12-6-4-5-10(8-11)7-9(10)2/h9H,3-8H2,1-2H3. The average Bonchev–Trinajstić information content (AvgIpc) is 2.72. The molecule has 0 spiro atoms. The summed E-state index contributed by atoms with van der Waals surface area (Å²) in [5.41, 5.74) is 0.551. The maximum Gasteiger partial charge on any atom is 0.0282 e. The highest BCUT2D eigenvalue weighted by atomic mass is 35.5. The first kappa shape index (κ1) is 10.7. The fraction of sp³-hybridized carbons (Fsp3) is 1.00. The molecule has 0 N–H and O–H groups in total. The fourth-order valence-electron chi connectivity index (χ4n) is 1.82. The minimum Gasteiger partial charge on any atom is -0.162 e. The normalized spacial score (nSPS) is 33.8. The molecule has 2 unspecified atom stereocenters. The van der Waals surface area contributed by atoms with Crippen molar-refractivity contribution >= 4 is 23.4 Å². The SMILES string of the molecule is CCSCCCC1(CCl)CC1C. The number of rotatable bonds is 6. The number of hydrogen-bond donors (Lipinski definition) is 0.